The summed E-state index contributed by atoms with van der Waals surface area (Å²) in [7, 11) is -1.94. The molecule has 0 aromatic heterocycles. The fourth-order valence-electron chi connectivity index (χ4n) is 1.36. The minimum atomic E-state index is -1.94. The number of rotatable bonds is 8. The van der Waals surface area contributed by atoms with Gasteiger partial charge in [-0.05, 0) is 33.7 Å². The average molecular weight is 231 g/mol. The van der Waals surface area contributed by atoms with Crippen molar-refractivity contribution in [1.82, 2.24) is 0 Å². The van der Waals surface area contributed by atoms with Gasteiger partial charge in [-0.1, -0.05) is 6.92 Å². The first-order valence-electron chi connectivity index (χ1n) is 5.85. The quantitative estimate of drug-likeness (QED) is 0.475. The number of hydrogen-bond acceptors (Lipinski definition) is 3. The number of nitrogens with zero attached hydrogens (tertiary/aromatic N) is 1. The van der Waals surface area contributed by atoms with Gasteiger partial charge in [0.05, 0.1) is 0 Å². The van der Waals surface area contributed by atoms with E-state index in [4.69, 9.17) is 8.85 Å². The molecule has 0 amide bonds. The van der Waals surface area contributed by atoms with Gasteiger partial charge in [0.1, 0.15) is 0 Å². The van der Waals surface area contributed by atoms with Crippen LogP contribution in [0.5, 0.6) is 0 Å². The second kappa shape index (κ2) is 8.02. The van der Waals surface area contributed by atoms with Crippen LogP contribution in [0.4, 0.5) is 0 Å². The van der Waals surface area contributed by atoms with Crippen molar-refractivity contribution in [2.45, 2.75) is 46.7 Å². The lowest BCUT2D eigenvalue weighted by molar-refractivity contribution is 0.189. The third-order valence-corrected chi connectivity index (χ3v) is 5.29. The Morgan fingerprint density at radius 1 is 1.13 bits per heavy atom. The Kier molecular flexibility index (Phi) is 7.91. The fourth-order valence-corrected chi connectivity index (χ4v) is 3.47. The highest BCUT2D eigenvalue weighted by molar-refractivity contribution is 6.66. The van der Waals surface area contributed by atoms with Crippen molar-refractivity contribution >= 4 is 14.3 Å². The van der Waals surface area contributed by atoms with E-state index in [2.05, 4.69) is 25.4 Å². The summed E-state index contributed by atoms with van der Waals surface area (Å²) in [4.78, 5) is 4.48. The first-order chi connectivity index (χ1) is 7.08. The summed E-state index contributed by atoms with van der Waals surface area (Å²) in [5.41, 5.74) is 1.21. The highest BCUT2D eigenvalue weighted by atomic mass is 28.4. The molecule has 0 aliphatic rings. The predicted molar refractivity (Wildman–Crippen MR) is 67.9 cm³/mol. The Hall–Kier alpha value is -0.193. The summed E-state index contributed by atoms with van der Waals surface area (Å²) in [6.45, 7) is 12.7. The highest BCUT2D eigenvalue weighted by Crippen LogP contribution is 2.13. The summed E-state index contributed by atoms with van der Waals surface area (Å²) < 4.78 is 11.5. The lowest BCUT2D eigenvalue weighted by atomic mass is 10.3. The molecular formula is C11H25NO2Si. The van der Waals surface area contributed by atoms with Crippen molar-refractivity contribution in [2.24, 2.45) is 4.99 Å². The van der Waals surface area contributed by atoms with Gasteiger partial charge >= 0.3 is 8.56 Å². The normalized spacial score (nSPS) is 13.3. The van der Waals surface area contributed by atoms with Crippen molar-refractivity contribution in [2.75, 3.05) is 19.8 Å². The van der Waals surface area contributed by atoms with E-state index < -0.39 is 8.56 Å². The second-order valence-corrected chi connectivity index (χ2v) is 7.07. The lowest BCUT2D eigenvalue weighted by Crippen LogP contribution is -2.39. The molecule has 0 aliphatic carbocycles. The molecule has 0 N–H and O–H groups in total. The number of hydrogen-bond donors (Lipinski definition) is 0. The highest BCUT2D eigenvalue weighted by Gasteiger charge is 2.29. The van der Waals surface area contributed by atoms with E-state index in [0.29, 0.717) is 0 Å². The molecule has 0 saturated heterocycles. The van der Waals surface area contributed by atoms with E-state index in [-0.39, 0.29) is 0 Å². The maximum absolute atomic E-state index is 5.73. The van der Waals surface area contributed by atoms with Crippen LogP contribution in [-0.2, 0) is 8.85 Å². The standard InChI is InChI=1S/C11H25NO2Si/c1-6-11(4)12-9-10-15(5,13-7-2)14-8-3/h6-10H2,1-5H3. The molecule has 0 aliphatic heterocycles. The predicted octanol–water partition coefficient (Wildman–Crippen LogP) is 3.00. The molecule has 0 atom stereocenters. The summed E-state index contributed by atoms with van der Waals surface area (Å²) in [6.07, 6.45) is 1.03. The first-order valence-corrected chi connectivity index (χ1v) is 8.38. The Balaban J connectivity index is 4.06. The van der Waals surface area contributed by atoms with Gasteiger partial charge in [-0.3, -0.25) is 4.99 Å². The zero-order valence-corrected chi connectivity index (χ0v) is 11.8. The molecule has 3 nitrogen and oxygen atoms in total. The molecule has 0 fully saturated rings. The zero-order chi connectivity index (χ0) is 11.7. The third kappa shape index (κ3) is 6.81. The van der Waals surface area contributed by atoms with E-state index in [0.717, 1.165) is 32.2 Å². The van der Waals surface area contributed by atoms with E-state index in [1.807, 2.05) is 13.8 Å². The molecule has 0 aromatic carbocycles. The van der Waals surface area contributed by atoms with Gasteiger partial charge in [-0.15, -0.1) is 0 Å². The lowest BCUT2D eigenvalue weighted by Gasteiger charge is -2.25. The van der Waals surface area contributed by atoms with Gasteiger partial charge in [0.15, 0.2) is 0 Å². The van der Waals surface area contributed by atoms with Crippen LogP contribution >= 0.6 is 0 Å². The minimum Gasteiger partial charge on any atom is -0.395 e. The molecule has 0 aromatic rings. The van der Waals surface area contributed by atoms with Crippen LogP contribution in [-0.4, -0.2) is 34.0 Å². The monoisotopic (exact) mass is 231 g/mol. The maximum atomic E-state index is 5.73. The Bertz CT molecular complexity index is 189. The SMILES string of the molecule is CCO[Si](C)(CCN=C(C)CC)OCC. The Morgan fingerprint density at radius 3 is 2.07 bits per heavy atom. The average Bonchev–Trinajstić information content (AvgIpc) is 2.18. The number of aliphatic imine (C=N–C) groups is 1. The van der Waals surface area contributed by atoms with Crippen molar-refractivity contribution < 1.29 is 8.85 Å². The van der Waals surface area contributed by atoms with E-state index >= 15 is 0 Å². The molecule has 0 bridgehead atoms. The summed E-state index contributed by atoms with van der Waals surface area (Å²) in [6, 6.07) is 0.950. The van der Waals surface area contributed by atoms with Crippen molar-refractivity contribution in [3.8, 4) is 0 Å². The molecule has 0 unspecified atom stereocenters. The molecular weight excluding hydrogens is 206 g/mol. The van der Waals surface area contributed by atoms with Gasteiger partial charge in [-0.2, -0.15) is 0 Å². The molecule has 0 saturated carbocycles. The Morgan fingerprint density at radius 2 is 1.67 bits per heavy atom. The Labute approximate surface area is 95.1 Å². The fraction of sp³-hybridized carbons (Fsp3) is 0.909. The molecule has 4 heteroatoms. The smallest absolute Gasteiger partial charge is 0.336 e. The van der Waals surface area contributed by atoms with Gasteiger partial charge in [-0.25, -0.2) is 0 Å². The summed E-state index contributed by atoms with van der Waals surface area (Å²) in [5, 5.41) is 0. The first kappa shape index (κ1) is 14.8. The summed E-state index contributed by atoms with van der Waals surface area (Å²) >= 11 is 0. The van der Waals surface area contributed by atoms with Crippen LogP contribution in [0, 0.1) is 0 Å². The van der Waals surface area contributed by atoms with E-state index in [1.165, 1.54) is 5.71 Å². The van der Waals surface area contributed by atoms with Gasteiger partial charge in [0.25, 0.3) is 0 Å². The molecule has 0 heterocycles. The molecule has 0 rings (SSSR count). The van der Waals surface area contributed by atoms with Crippen LogP contribution in [0.25, 0.3) is 0 Å². The maximum Gasteiger partial charge on any atom is 0.336 e. The van der Waals surface area contributed by atoms with Gasteiger partial charge < -0.3 is 8.85 Å². The van der Waals surface area contributed by atoms with Crippen molar-refractivity contribution in [3.63, 3.8) is 0 Å². The van der Waals surface area contributed by atoms with Crippen LogP contribution < -0.4 is 0 Å². The molecule has 0 radical (unpaired) electrons. The van der Waals surface area contributed by atoms with Crippen LogP contribution in [0.15, 0.2) is 4.99 Å². The topological polar surface area (TPSA) is 30.8 Å². The van der Waals surface area contributed by atoms with Gasteiger partial charge in [0, 0.05) is 31.5 Å². The molecule has 90 valence electrons. The molecule has 15 heavy (non-hydrogen) atoms. The van der Waals surface area contributed by atoms with Gasteiger partial charge in [0.2, 0.25) is 0 Å². The van der Waals surface area contributed by atoms with Crippen LogP contribution in [0.3, 0.4) is 0 Å². The van der Waals surface area contributed by atoms with Crippen molar-refractivity contribution in [3.05, 3.63) is 0 Å². The third-order valence-electron chi connectivity index (χ3n) is 2.36. The van der Waals surface area contributed by atoms with Crippen LogP contribution in [0.2, 0.25) is 12.6 Å². The van der Waals surface area contributed by atoms with E-state index in [9.17, 15) is 0 Å². The second-order valence-electron chi connectivity index (χ2n) is 3.72. The molecule has 0 spiro atoms. The largest absolute Gasteiger partial charge is 0.395 e. The van der Waals surface area contributed by atoms with Crippen molar-refractivity contribution in [1.29, 1.82) is 0 Å². The van der Waals surface area contributed by atoms with E-state index in [1.54, 1.807) is 0 Å². The minimum absolute atomic E-state index is 0.735. The van der Waals surface area contributed by atoms with Crippen LogP contribution in [0.1, 0.15) is 34.1 Å². The zero-order valence-electron chi connectivity index (χ0n) is 10.8. The summed E-state index contributed by atoms with van der Waals surface area (Å²) in [5.74, 6) is 0.